The Labute approximate surface area is 253 Å². The van der Waals surface area contributed by atoms with Crippen molar-refractivity contribution >= 4 is 39.1 Å². The molecule has 0 aliphatic heterocycles. The lowest BCUT2D eigenvalue weighted by atomic mass is 9.95. The second-order valence-corrected chi connectivity index (χ2v) is 12.9. The molecule has 1 unspecified atom stereocenters. The Morgan fingerprint density at radius 1 is 1.00 bits per heavy atom. The van der Waals surface area contributed by atoms with Crippen LogP contribution in [0.15, 0.2) is 77.7 Å². The lowest BCUT2D eigenvalue weighted by Crippen LogP contribution is -2.53. The SMILES string of the molecule is COc1cccc(CN(C(=O)CN(c2cc(Cl)ccc2C)S(=O)(=O)c2ccccc2)C(C)C(=O)NC2CCCCC2)c1. The number of sulfonamides is 1. The third-order valence-corrected chi connectivity index (χ3v) is 9.66. The Hall–Kier alpha value is -3.56. The maximum absolute atomic E-state index is 14.2. The van der Waals surface area contributed by atoms with Crippen LogP contribution < -0.4 is 14.4 Å². The second-order valence-electron chi connectivity index (χ2n) is 10.6. The van der Waals surface area contributed by atoms with E-state index < -0.39 is 28.5 Å². The molecule has 0 saturated heterocycles. The number of nitrogens with one attached hydrogen (secondary N) is 1. The van der Waals surface area contributed by atoms with Crippen molar-refractivity contribution < 1.29 is 22.7 Å². The van der Waals surface area contributed by atoms with Crippen molar-refractivity contribution in [1.82, 2.24) is 10.2 Å². The minimum atomic E-state index is -4.17. The summed E-state index contributed by atoms with van der Waals surface area (Å²) >= 11 is 6.29. The van der Waals surface area contributed by atoms with Gasteiger partial charge in [-0.25, -0.2) is 8.42 Å². The van der Waals surface area contributed by atoms with Crippen LogP contribution in [-0.4, -0.2) is 50.9 Å². The van der Waals surface area contributed by atoms with E-state index in [9.17, 15) is 18.0 Å². The summed E-state index contributed by atoms with van der Waals surface area (Å²) in [5.74, 6) is -0.181. The molecule has 3 aromatic rings. The van der Waals surface area contributed by atoms with Gasteiger partial charge in [0.05, 0.1) is 17.7 Å². The molecule has 0 bridgehead atoms. The van der Waals surface area contributed by atoms with Crippen LogP contribution in [0, 0.1) is 6.92 Å². The lowest BCUT2D eigenvalue weighted by Gasteiger charge is -2.33. The molecule has 0 spiro atoms. The lowest BCUT2D eigenvalue weighted by molar-refractivity contribution is -0.139. The van der Waals surface area contributed by atoms with Gasteiger partial charge in [0.1, 0.15) is 18.3 Å². The van der Waals surface area contributed by atoms with Gasteiger partial charge >= 0.3 is 0 Å². The molecular weight excluding hydrogens is 574 g/mol. The van der Waals surface area contributed by atoms with Crippen LogP contribution in [0.3, 0.4) is 0 Å². The van der Waals surface area contributed by atoms with Crippen LogP contribution in [0.4, 0.5) is 5.69 Å². The van der Waals surface area contributed by atoms with Crippen molar-refractivity contribution in [2.45, 2.75) is 69.5 Å². The molecule has 1 saturated carbocycles. The highest BCUT2D eigenvalue weighted by atomic mass is 35.5. The number of ether oxygens (including phenoxy) is 1. The Morgan fingerprint density at radius 2 is 1.71 bits per heavy atom. The van der Waals surface area contributed by atoms with Gasteiger partial charge in [-0.1, -0.05) is 67.3 Å². The van der Waals surface area contributed by atoms with Gasteiger partial charge in [-0.2, -0.15) is 0 Å². The number of aryl methyl sites for hydroxylation is 1. The Morgan fingerprint density at radius 3 is 2.40 bits per heavy atom. The van der Waals surface area contributed by atoms with Gasteiger partial charge in [-0.3, -0.25) is 13.9 Å². The Bertz CT molecular complexity index is 1490. The van der Waals surface area contributed by atoms with E-state index in [-0.39, 0.29) is 23.4 Å². The number of carbonyl (C=O) groups excluding carboxylic acids is 2. The molecule has 0 radical (unpaired) electrons. The number of nitrogens with zero attached hydrogens (tertiary/aromatic N) is 2. The fourth-order valence-electron chi connectivity index (χ4n) is 5.20. The van der Waals surface area contributed by atoms with E-state index in [1.54, 1.807) is 63.4 Å². The van der Waals surface area contributed by atoms with Crippen LogP contribution in [0.5, 0.6) is 5.75 Å². The highest BCUT2D eigenvalue weighted by Crippen LogP contribution is 2.30. The number of halogens is 1. The number of amides is 2. The fourth-order valence-corrected chi connectivity index (χ4v) is 6.86. The molecule has 1 fully saturated rings. The Balaban J connectivity index is 1.71. The molecule has 1 aliphatic rings. The van der Waals surface area contributed by atoms with Gasteiger partial charge in [-0.05, 0) is 74.2 Å². The zero-order valence-electron chi connectivity index (χ0n) is 24.3. The molecule has 0 heterocycles. The smallest absolute Gasteiger partial charge is 0.264 e. The number of hydrogen-bond acceptors (Lipinski definition) is 5. The average molecular weight is 612 g/mol. The summed E-state index contributed by atoms with van der Waals surface area (Å²) < 4.78 is 34.4. The van der Waals surface area contributed by atoms with E-state index in [1.807, 2.05) is 12.1 Å². The van der Waals surface area contributed by atoms with Crippen LogP contribution >= 0.6 is 11.6 Å². The molecule has 224 valence electrons. The quantitative estimate of drug-likeness (QED) is 0.299. The third kappa shape index (κ3) is 7.63. The number of anilines is 1. The van der Waals surface area contributed by atoms with E-state index in [0.717, 1.165) is 42.0 Å². The summed E-state index contributed by atoms with van der Waals surface area (Å²) in [4.78, 5) is 29.1. The molecule has 3 aromatic carbocycles. The first-order valence-electron chi connectivity index (χ1n) is 14.2. The van der Waals surface area contributed by atoms with Crippen molar-refractivity contribution in [3.05, 3.63) is 88.9 Å². The standard InChI is InChI=1S/C32H38ClN3O5S/c1-23-17-18-26(33)20-30(23)36(42(39,40)29-15-8-5-9-16-29)22-31(37)35(21-25-11-10-14-28(19-25)41-3)24(2)32(38)34-27-12-6-4-7-13-27/h5,8-11,14-20,24,27H,4,6-7,12-13,21-22H2,1-3H3,(H,34,38). The summed E-state index contributed by atoms with van der Waals surface area (Å²) in [5.41, 5.74) is 1.67. The first-order valence-corrected chi connectivity index (χ1v) is 16.0. The van der Waals surface area contributed by atoms with Crippen molar-refractivity contribution in [2.24, 2.45) is 0 Å². The normalized spacial score (nSPS) is 14.6. The molecular formula is C32H38ClN3O5S. The molecule has 1 aliphatic carbocycles. The van der Waals surface area contributed by atoms with Crippen molar-refractivity contribution in [2.75, 3.05) is 18.0 Å². The summed E-state index contributed by atoms with van der Waals surface area (Å²) in [5, 5.41) is 3.45. The van der Waals surface area contributed by atoms with Gasteiger partial charge in [0, 0.05) is 17.6 Å². The largest absolute Gasteiger partial charge is 0.497 e. The van der Waals surface area contributed by atoms with Crippen LogP contribution in [0.25, 0.3) is 0 Å². The predicted molar refractivity (Wildman–Crippen MR) is 165 cm³/mol. The second kappa shape index (κ2) is 14.1. The third-order valence-electron chi connectivity index (χ3n) is 7.66. The maximum atomic E-state index is 14.2. The summed E-state index contributed by atoms with van der Waals surface area (Å²) in [6, 6.07) is 19.3. The zero-order valence-corrected chi connectivity index (χ0v) is 25.8. The van der Waals surface area contributed by atoms with E-state index in [0.29, 0.717) is 22.0 Å². The number of benzene rings is 3. The highest BCUT2D eigenvalue weighted by Gasteiger charge is 2.34. The highest BCUT2D eigenvalue weighted by molar-refractivity contribution is 7.92. The van der Waals surface area contributed by atoms with E-state index in [2.05, 4.69) is 5.32 Å². The summed E-state index contributed by atoms with van der Waals surface area (Å²) in [6.45, 7) is 3.00. The average Bonchev–Trinajstić information content (AvgIpc) is 3.00. The molecule has 0 aromatic heterocycles. The van der Waals surface area contributed by atoms with Gasteiger partial charge < -0.3 is 15.0 Å². The molecule has 4 rings (SSSR count). The van der Waals surface area contributed by atoms with Gasteiger partial charge in [0.2, 0.25) is 11.8 Å². The monoisotopic (exact) mass is 611 g/mol. The van der Waals surface area contributed by atoms with Crippen molar-refractivity contribution in [3.63, 3.8) is 0 Å². The first kappa shape index (κ1) is 31.4. The van der Waals surface area contributed by atoms with E-state index in [1.165, 1.54) is 23.1 Å². The van der Waals surface area contributed by atoms with E-state index >= 15 is 0 Å². The maximum Gasteiger partial charge on any atom is 0.264 e. The molecule has 1 atom stereocenters. The molecule has 42 heavy (non-hydrogen) atoms. The fraction of sp³-hybridized carbons (Fsp3) is 0.375. The van der Waals surface area contributed by atoms with Gasteiger partial charge in [0.25, 0.3) is 10.0 Å². The topological polar surface area (TPSA) is 96.0 Å². The Kier molecular flexibility index (Phi) is 10.5. The first-order chi connectivity index (χ1) is 20.1. The molecule has 1 N–H and O–H groups in total. The summed E-state index contributed by atoms with van der Waals surface area (Å²) in [7, 11) is -2.61. The van der Waals surface area contributed by atoms with Gasteiger partial charge in [-0.15, -0.1) is 0 Å². The number of rotatable bonds is 11. The minimum Gasteiger partial charge on any atom is -0.497 e. The van der Waals surface area contributed by atoms with Crippen molar-refractivity contribution in [1.29, 1.82) is 0 Å². The summed E-state index contributed by atoms with van der Waals surface area (Å²) in [6.07, 6.45) is 5.06. The van der Waals surface area contributed by atoms with Crippen molar-refractivity contribution in [3.8, 4) is 5.75 Å². The molecule has 2 amide bonds. The van der Waals surface area contributed by atoms with Crippen LogP contribution in [0.2, 0.25) is 5.02 Å². The number of hydrogen-bond donors (Lipinski definition) is 1. The molecule has 10 heteroatoms. The van der Waals surface area contributed by atoms with E-state index in [4.69, 9.17) is 16.3 Å². The van der Waals surface area contributed by atoms with Gasteiger partial charge in [0.15, 0.2) is 0 Å². The van der Waals surface area contributed by atoms with Crippen LogP contribution in [0.1, 0.15) is 50.2 Å². The zero-order chi connectivity index (χ0) is 30.3. The number of methoxy groups -OCH3 is 1. The predicted octanol–water partition coefficient (Wildman–Crippen LogP) is 5.72. The number of carbonyl (C=O) groups is 2. The molecule has 8 nitrogen and oxygen atoms in total. The minimum absolute atomic E-state index is 0.0413. The van der Waals surface area contributed by atoms with Crippen LogP contribution in [-0.2, 0) is 26.2 Å².